The normalized spacial score (nSPS) is 11.2. The smallest absolute Gasteiger partial charge is 0.383 e. The first-order chi connectivity index (χ1) is 36.2. The second kappa shape index (κ2) is 21.5. The summed E-state index contributed by atoms with van der Waals surface area (Å²) in [6.07, 6.45) is 0. The third-order valence-corrected chi connectivity index (χ3v) is 12.8. The van der Waals surface area contributed by atoms with Gasteiger partial charge in [0.15, 0.2) is 23.3 Å². The van der Waals surface area contributed by atoms with Crippen LogP contribution in [0.4, 0.5) is 0 Å². The SMILES string of the molecule is Cc1nc(-c2ccccc2)n([BH-](n2nc(-c3ccccc3)nc2C)n2nc(-c3ccccc3)nc2C)n1.Cc1nc(-c2ccccc2)n([BH-](n2nc(-c3ccccc3)nc2C)n2nc(-c3ccccc3)nc2C)n1.[Cu+2]. The molecule has 6 aromatic carbocycles. The van der Waals surface area contributed by atoms with Crippen LogP contribution in [0.3, 0.4) is 0 Å². The van der Waals surface area contributed by atoms with Gasteiger partial charge in [-0.25, -0.2) is 29.9 Å². The molecule has 6 heterocycles. The van der Waals surface area contributed by atoms with Gasteiger partial charge < -0.3 is 27.6 Å². The molecule has 0 unspecified atom stereocenters. The van der Waals surface area contributed by atoms with Gasteiger partial charge >= 0.3 is 31.3 Å². The fourth-order valence-electron chi connectivity index (χ4n) is 9.26. The minimum Gasteiger partial charge on any atom is -0.383 e. The molecule has 0 fully saturated rings. The molecule has 0 saturated heterocycles. The third kappa shape index (κ3) is 10.1. The summed E-state index contributed by atoms with van der Waals surface area (Å²) in [5.74, 6) is 8.41. The van der Waals surface area contributed by atoms with Crippen molar-refractivity contribution in [3.63, 3.8) is 0 Å². The van der Waals surface area contributed by atoms with Crippen LogP contribution in [0.5, 0.6) is 0 Å². The molecular formula is C54H50B2CuN18. The monoisotopic (exact) mass is 1040 g/mol. The van der Waals surface area contributed by atoms with Crippen molar-refractivity contribution in [1.29, 1.82) is 0 Å². The maximum atomic E-state index is 4.97. The van der Waals surface area contributed by atoms with Crippen LogP contribution in [-0.4, -0.2) is 102 Å². The van der Waals surface area contributed by atoms with Crippen molar-refractivity contribution in [1.82, 2.24) is 88.1 Å². The zero-order valence-electron chi connectivity index (χ0n) is 42.1. The van der Waals surface area contributed by atoms with Gasteiger partial charge in [0.25, 0.3) is 0 Å². The Kier molecular flexibility index (Phi) is 14.2. The van der Waals surface area contributed by atoms with Crippen molar-refractivity contribution in [3.05, 3.63) is 217 Å². The molecule has 75 heavy (non-hydrogen) atoms. The first kappa shape index (κ1) is 49.4. The van der Waals surface area contributed by atoms with Gasteiger partial charge in [-0.1, -0.05) is 182 Å². The van der Waals surface area contributed by atoms with E-state index < -0.39 is 14.2 Å². The number of benzene rings is 6. The molecule has 12 rings (SSSR count). The quantitative estimate of drug-likeness (QED) is 0.107. The van der Waals surface area contributed by atoms with E-state index in [1.165, 1.54) is 0 Å². The molecule has 0 saturated carbocycles. The van der Waals surface area contributed by atoms with E-state index in [9.17, 15) is 0 Å². The molecule has 12 aromatic rings. The van der Waals surface area contributed by atoms with Crippen molar-refractivity contribution in [2.24, 2.45) is 0 Å². The molecule has 0 bridgehead atoms. The molecule has 0 aliphatic rings. The number of hydrogen-bond donors (Lipinski definition) is 0. The second-order valence-electron chi connectivity index (χ2n) is 17.9. The molecule has 21 heteroatoms. The molecule has 0 aliphatic heterocycles. The summed E-state index contributed by atoms with van der Waals surface area (Å²) in [6, 6.07) is 59.9. The summed E-state index contributed by atoms with van der Waals surface area (Å²) < 4.78 is 11.5. The molecule has 0 spiro atoms. The Hall–Kier alpha value is -9.19. The molecular weight excluding hydrogens is 986 g/mol. The van der Waals surface area contributed by atoms with Crippen LogP contribution in [0.1, 0.15) is 34.9 Å². The van der Waals surface area contributed by atoms with Gasteiger partial charge in [0.1, 0.15) is 23.3 Å². The minimum absolute atomic E-state index is 0. The Bertz CT molecular complexity index is 3400. The van der Waals surface area contributed by atoms with Crippen LogP contribution in [0, 0.1) is 41.5 Å². The van der Waals surface area contributed by atoms with Gasteiger partial charge in [-0.2, -0.15) is 30.6 Å². The zero-order valence-corrected chi connectivity index (χ0v) is 43.0. The summed E-state index contributed by atoms with van der Waals surface area (Å²) in [5, 5.41) is 29.6. The van der Waals surface area contributed by atoms with Crippen molar-refractivity contribution in [3.8, 4) is 68.3 Å². The first-order valence-corrected chi connectivity index (χ1v) is 24.4. The Morgan fingerprint density at radius 1 is 0.253 bits per heavy atom. The van der Waals surface area contributed by atoms with Crippen LogP contribution in [-0.2, 0) is 17.1 Å². The van der Waals surface area contributed by atoms with Crippen molar-refractivity contribution < 1.29 is 17.1 Å². The maximum absolute atomic E-state index is 4.97. The number of aromatic nitrogens is 18. The van der Waals surface area contributed by atoms with E-state index in [0.717, 1.165) is 68.3 Å². The number of nitrogens with zero attached hydrogens (tertiary/aromatic N) is 18. The van der Waals surface area contributed by atoms with E-state index in [4.69, 9.17) is 60.5 Å². The molecule has 0 N–H and O–H groups in total. The molecule has 18 nitrogen and oxygen atoms in total. The van der Waals surface area contributed by atoms with Gasteiger partial charge in [-0.15, -0.1) is 0 Å². The molecule has 6 aromatic heterocycles. The molecule has 0 aliphatic carbocycles. The Morgan fingerprint density at radius 2 is 0.467 bits per heavy atom. The number of hydrogen-bond acceptors (Lipinski definition) is 12. The van der Waals surface area contributed by atoms with E-state index in [-0.39, 0.29) is 17.1 Å². The number of rotatable bonds is 12. The standard InChI is InChI=1S/2C27H25BN9.Cu/c2*1-19-29-27(24-17-11-6-12-18-24)37(32-19)28(35-20(2)30-25(33-35)22-13-7-4-8-14-22)36-21(3)31-26(34-36)23-15-9-5-10-16-23;/h2*4-18,28H,1-3H3;/q2*-1;+2. The van der Waals surface area contributed by atoms with E-state index in [2.05, 4.69) is 0 Å². The topological polar surface area (TPSA) is 184 Å². The largest absolute Gasteiger partial charge is 2.00 e. The molecule has 373 valence electrons. The van der Waals surface area contributed by atoms with Gasteiger partial charge in [0.05, 0.1) is 23.3 Å². The van der Waals surface area contributed by atoms with E-state index in [0.29, 0.717) is 34.9 Å². The third-order valence-electron chi connectivity index (χ3n) is 12.8. The van der Waals surface area contributed by atoms with Gasteiger partial charge in [-0.3, -0.25) is 0 Å². The van der Waals surface area contributed by atoms with E-state index >= 15 is 0 Å². The molecule has 0 amide bonds. The van der Waals surface area contributed by atoms with Crippen molar-refractivity contribution in [2.75, 3.05) is 0 Å². The summed E-state index contributed by atoms with van der Waals surface area (Å²) >= 11 is 0. The Labute approximate surface area is 444 Å². The summed E-state index contributed by atoms with van der Waals surface area (Å²) in [5.41, 5.74) is 5.70. The van der Waals surface area contributed by atoms with Gasteiger partial charge in [-0.05, 0) is 41.5 Å². The maximum Gasteiger partial charge on any atom is 2.00 e. The van der Waals surface area contributed by atoms with Crippen molar-refractivity contribution in [2.45, 2.75) is 41.5 Å². The molecule has 0 atom stereocenters. The average molecular weight is 1040 g/mol. The van der Waals surface area contributed by atoms with Crippen LogP contribution < -0.4 is 0 Å². The van der Waals surface area contributed by atoms with Crippen LogP contribution in [0.25, 0.3) is 68.3 Å². The van der Waals surface area contributed by atoms with Gasteiger partial charge in [0.2, 0.25) is 0 Å². The fraction of sp³-hybridized carbons (Fsp3) is 0.111. The average Bonchev–Trinajstić information content (AvgIpc) is 4.33. The van der Waals surface area contributed by atoms with Crippen LogP contribution >= 0.6 is 0 Å². The van der Waals surface area contributed by atoms with E-state index in [1.54, 1.807) is 0 Å². The summed E-state index contributed by atoms with van der Waals surface area (Å²) in [4.78, 5) is 28.8. The first-order valence-electron chi connectivity index (χ1n) is 24.4. The Balaban J connectivity index is 0.000000169. The second-order valence-corrected chi connectivity index (χ2v) is 17.9. The summed E-state index contributed by atoms with van der Waals surface area (Å²) in [6.45, 7) is 11.6. The minimum atomic E-state index is -1.78. The predicted octanol–water partition coefficient (Wildman–Crippen LogP) is 8.10. The van der Waals surface area contributed by atoms with Gasteiger partial charge in [0, 0.05) is 33.4 Å². The Morgan fingerprint density at radius 3 is 0.693 bits per heavy atom. The van der Waals surface area contributed by atoms with E-state index in [1.807, 2.05) is 251 Å². The van der Waals surface area contributed by atoms with Crippen LogP contribution in [0.15, 0.2) is 182 Å². The summed E-state index contributed by atoms with van der Waals surface area (Å²) in [7, 11) is -3.56. The zero-order chi connectivity index (χ0) is 50.7. The fourth-order valence-corrected chi connectivity index (χ4v) is 9.26. The number of aryl methyl sites for hydroxylation is 6. The predicted molar refractivity (Wildman–Crippen MR) is 288 cm³/mol. The molecule has 1 radical (unpaired) electrons. The van der Waals surface area contributed by atoms with Crippen molar-refractivity contribution >= 4 is 14.2 Å². The van der Waals surface area contributed by atoms with Crippen LogP contribution in [0.2, 0.25) is 0 Å².